The maximum atomic E-state index is 13.8. The summed E-state index contributed by atoms with van der Waals surface area (Å²) in [6, 6.07) is 31.5. The van der Waals surface area contributed by atoms with Crippen molar-refractivity contribution in [3.8, 4) is 0 Å². The lowest BCUT2D eigenvalue weighted by molar-refractivity contribution is -0.133. The molecule has 4 nitrogen and oxygen atoms in total. The molecule has 0 radical (unpaired) electrons. The summed E-state index contributed by atoms with van der Waals surface area (Å²) < 4.78 is 0. The Hall–Kier alpha value is -2.95. The van der Waals surface area contributed by atoms with Gasteiger partial charge in [-0.25, -0.2) is 0 Å². The van der Waals surface area contributed by atoms with Gasteiger partial charge in [0, 0.05) is 52.9 Å². The number of carbonyl (C=O) groups excluding carboxylic acids is 1. The van der Waals surface area contributed by atoms with Gasteiger partial charge in [0.1, 0.15) is 0 Å². The Bertz CT molecular complexity index is 1060. The molecule has 0 aromatic heterocycles. The van der Waals surface area contributed by atoms with E-state index < -0.39 is 0 Å². The molecule has 0 N–H and O–H groups in total. The molecule has 1 amide bonds. The first-order valence-corrected chi connectivity index (χ1v) is 12.5. The summed E-state index contributed by atoms with van der Waals surface area (Å²) in [5.41, 5.74) is 3.35. The van der Waals surface area contributed by atoms with Gasteiger partial charge in [0.05, 0.1) is 5.41 Å². The van der Waals surface area contributed by atoms with Crippen molar-refractivity contribution < 1.29 is 4.79 Å². The van der Waals surface area contributed by atoms with E-state index in [0.717, 1.165) is 45.7 Å². The molecule has 1 saturated carbocycles. The van der Waals surface area contributed by atoms with Crippen LogP contribution in [0.3, 0.4) is 0 Å². The van der Waals surface area contributed by atoms with Crippen LogP contribution in [0.2, 0.25) is 0 Å². The minimum absolute atomic E-state index is 0.260. The number of piperazine rings is 1. The first-order valence-electron chi connectivity index (χ1n) is 12.5. The minimum Gasteiger partial charge on any atom is -0.341 e. The van der Waals surface area contributed by atoms with Gasteiger partial charge in [-0.1, -0.05) is 91.0 Å². The van der Waals surface area contributed by atoms with Crippen molar-refractivity contribution in [2.24, 2.45) is 5.92 Å². The monoisotopic (exact) mass is 453 g/mol. The Kier molecular flexibility index (Phi) is 6.80. The second-order valence-corrected chi connectivity index (χ2v) is 9.95. The zero-order valence-electron chi connectivity index (χ0n) is 20.1. The molecule has 3 aromatic rings. The maximum absolute atomic E-state index is 13.8. The third-order valence-corrected chi connectivity index (χ3v) is 7.58. The van der Waals surface area contributed by atoms with Gasteiger partial charge in [-0.2, -0.15) is 0 Å². The highest BCUT2D eigenvalue weighted by molar-refractivity contribution is 5.92. The van der Waals surface area contributed by atoms with Crippen molar-refractivity contribution in [1.29, 1.82) is 0 Å². The molecular formula is C30H35N3O. The van der Waals surface area contributed by atoms with Crippen molar-refractivity contribution in [3.05, 3.63) is 108 Å². The summed E-state index contributed by atoms with van der Waals surface area (Å²) in [6.07, 6.45) is 0.944. The van der Waals surface area contributed by atoms with Crippen LogP contribution >= 0.6 is 0 Å². The fourth-order valence-electron chi connectivity index (χ4n) is 5.58. The minimum atomic E-state index is -0.383. The first kappa shape index (κ1) is 22.8. The van der Waals surface area contributed by atoms with E-state index in [2.05, 4.69) is 76.5 Å². The van der Waals surface area contributed by atoms with Crippen molar-refractivity contribution in [1.82, 2.24) is 14.7 Å². The lowest BCUT2D eigenvalue weighted by Crippen LogP contribution is -2.47. The van der Waals surface area contributed by atoms with E-state index in [1.807, 2.05) is 36.2 Å². The van der Waals surface area contributed by atoms with Gasteiger partial charge in [-0.15, -0.1) is 0 Å². The number of likely N-dealkylation sites (N-methyl/N-ethyl adjacent to an activating group) is 1. The molecule has 1 saturated heterocycles. The van der Waals surface area contributed by atoms with Gasteiger partial charge in [0.25, 0.3) is 0 Å². The van der Waals surface area contributed by atoms with E-state index >= 15 is 0 Å². The fraction of sp³-hybridized carbons (Fsp3) is 0.367. The van der Waals surface area contributed by atoms with Gasteiger partial charge >= 0.3 is 0 Å². The van der Waals surface area contributed by atoms with Gasteiger partial charge < -0.3 is 9.80 Å². The number of nitrogens with zero attached hydrogens (tertiary/aromatic N) is 3. The summed E-state index contributed by atoms with van der Waals surface area (Å²) in [5.74, 6) is 0.636. The van der Waals surface area contributed by atoms with E-state index in [1.165, 1.54) is 16.7 Å². The van der Waals surface area contributed by atoms with Crippen molar-refractivity contribution in [2.75, 3.05) is 39.8 Å². The molecule has 34 heavy (non-hydrogen) atoms. The summed E-state index contributed by atoms with van der Waals surface area (Å²) in [5, 5.41) is 0. The fourth-order valence-corrected chi connectivity index (χ4v) is 5.58. The average molecular weight is 454 g/mol. The molecular weight excluding hydrogens is 418 g/mol. The van der Waals surface area contributed by atoms with Crippen molar-refractivity contribution in [2.45, 2.75) is 24.9 Å². The van der Waals surface area contributed by atoms with Crippen LogP contribution in [0.15, 0.2) is 91.0 Å². The van der Waals surface area contributed by atoms with Gasteiger partial charge in [0.15, 0.2) is 0 Å². The third-order valence-electron chi connectivity index (χ3n) is 7.58. The van der Waals surface area contributed by atoms with Crippen LogP contribution in [0.1, 0.15) is 23.1 Å². The van der Waals surface area contributed by atoms with E-state index in [-0.39, 0.29) is 11.3 Å². The molecule has 1 aliphatic carbocycles. The molecule has 2 fully saturated rings. The van der Waals surface area contributed by atoms with Crippen LogP contribution < -0.4 is 0 Å². The average Bonchev–Trinajstić information content (AvgIpc) is 3.61. The van der Waals surface area contributed by atoms with E-state index in [0.29, 0.717) is 12.5 Å². The van der Waals surface area contributed by atoms with Crippen molar-refractivity contribution >= 4 is 5.91 Å². The first-order chi connectivity index (χ1) is 16.6. The highest BCUT2D eigenvalue weighted by Crippen LogP contribution is 2.55. The molecule has 0 spiro atoms. The Morgan fingerprint density at radius 1 is 0.794 bits per heavy atom. The van der Waals surface area contributed by atoms with Crippen LogP contribution in [-0.2, 0) is 23.3 Å². The molecule has 0 unspecified atom stereocenters. The zero-order chi connectivity index (χ0) is 23.4. The van der Waals surface area contributed by atoms with E-state index in [9.17, 15) is 4.79 Å². The Labute approximate surface area is 203 Å². The predicted octanol–water partition coefficient (Wildman–Crippen LogP) is 4.42. The SMILES string of the molecule is CN(Cc1ccccc1)C(=O)[C@@]1(c2ccccc2)C[C@H]1CN1CCN(Cc2ccccc2)CC1. The molecule has 3 aromatic carbocycles. The van der Waals surface area contributed by atoms with Gasteiger partial charge in [0.2, 0.25) is 5.91 Å². The molecule has 4 heteroatoms. The third kappa shape index (κ3) is 4.94. The normalized spacial score (nSPS) is 22.9. The summed E-state index contributed by atoms with van der Waals surface area (Å²) in [6.45, 7) is 6.99. The Morgan fingerprint density at radius 2 is 1.32 bits per heavy atom. The zero-order valence-corrected chi connectivity index (χ0v) is 20.1. The second-order valence-electron chi connectivity index (χ2n) is 9.95. The quantitative estimate of drug-likeness (QED) is 0.505. The number of carbonyl (C=O) groups is 1. The van der Waals surface area contributed by atoms with E-state index in [1.54, 1.807) is 0 Å². The van der Waals surface area contributed by atoms with Crippen LogP contribution in [0, 0.1) is 5.92 Å². The number of amides is 1. The van der Waals surface area contributed by atoms with Crippen LogP contribution in [0.5, 0.6) is 0 Å². The molecule has 2 aliphatic rings. The highest BCUT2D eigenvalue weighted by Gasteiger charge is 2.61. The highest BCUT2D eigenvalue weighted by atomic mass is 16.2. The maximum Gasteiger partial charge on any atom is 0.233 e. The number of benzene rings is 3. The predicted molar refractivity (Wildman–Crippen MR) is 137 cm³/mol. The molecule has 2 atom stereocenters. The largest absolute Gasteiger partial charge is 0.341 e. The number of rotatable bonds is 8. The smallest absolute Gasteiger partial charge is 0.233 e. The molecule has 5 rings (SSSR count). The summed E-state index contributed by atoms with van der Waals surface area (Å²) in [4.78, 5) is 20.9. The molecule has 1 aliphatic heterocycles. The van der Waals surface area contributed by atoms with Gasteiger partial charge in [-0.3, -0.25) is 9.69 Å². The second kappa shape index (κ2) is 10.1. The number of hydrogen-bond donors (Lipinski definition) is 0. The van der Waals surface area contributed by atoms with Crippen LogP contribution in [0.25, 0.3) is 0 Å². The number of hydrogen-bond acceptors (Lipinski definition) is 3. The molecule has 0 bridgehead atoms. The summed E-state index contributed by atoms with van der Waals surface area (Å²) in [7, 11) is 1.96. The lowest BCUT2D eigenvalue weighted by atomic mass is 9.91. The topological polar surface area (TPSA) is 26.8 Å². The molecule has 176 valence electrons. The Morgan fingerprint density at radius 3 is 1.94 bits per heavy atom. The Balaban J connectivity index is 1.23. The van der Waals surface area contributed by atoms with Gasteiger partial charge in [-0.05, 0) is 29.0 Å². The van der Waals surface area contributed by atoms with E-state index in [4.69, 9.17) is 0 Å². The lowest BCUT2D eigenvalue weighted by Gasteiger charge is -2.35. The van der Waals surface area contributed by atoms with Crippen molar-refractivity contribution in [3.63, 3.8) is 0 Å². The standard InChI is InChI=1S/C30H35N3O/c1-31(22-25-11-5-2-6-12-25)29(34)30(27-15-9-4-10-16-27)21-28(30)24-33-19-17-32(18-20-33)23-26-13-7-3-8-14-26/h2-16,28H,17-24H2,1H3/t28-,30+/m0/s1. The van der Waals surface area contributed by atoms with Crippen LogP contribution in [0.4, 0.5) is 0 Å². The van der Waals surface area contributed by atoms with Crippen LogP contribution in [-0.4, -0.2) is 60.4 Å². The summed E-state index contributed by atoms with van der Waals surface area (Å²) >= 11 is 0. The molecule has 1 heterocycles.